The van der Waals surface area contributed by atoms with Crippen molar-refractivity contribution >= 4 is 27.5 Å². The van der Waals surface area contributed by atoms with Crippen molar-refractivity contribution in [2.75, 3.05) is 25.7 Å². The molecule has 0 radical (unpaired) electrons. The number of halogens is 1. The number of benzene rings is 2. The molecule has 144 valence electrons. The molecule has 0 N–H and O–H groups in total. The molecule has 1 fully saturated rings. The van der Waals surface area contributed by atoms with E-state index in [0.29, 0.717) is 41.9 Å². The number of rotatable bonds is 5. The van der Waals surface area contributed by atoms with Crippen molar-refractivity contribution in [2.24, 2.45) is 0 Å². The Morgan fingerprint density at radius 2 is 2.04 bits per heavy atom. The van der Waals surface area contributed by atoms with Crippen molar-refractivity contribution in [3.8, 4) is 22.9 Å². The smallest absolute Gasteiger partial charge is 0.232 e. The predicted octanol–water partition coefficient (Wildman–Crippen LogP) is 4.04. The number of hydrogen-bond acceptors (Lipinski definition) is 6. The molecule has 8 heteroatoms. The molecule has 2 aromatic carbocycles. The largest absolute Gasteiger partial charge is 0.497 e. The second-order valence-corrected chi connectivity index (χ2v) is 7.33. The summed E-state index contributed by atoms with van der Waals surface area (Å²) in [4.78, 5) is 18.8. The van der Waals surface area contributed by atoms with Crippen LogP contribution in [0.2, 0.25) is 0 Å². The lowest BCUT2D eigenvalue weighted by Gasteiger charge is -2.19. The molecule has 1 saturated heterocycles. The van der Waals surface area contributed by atoms with Crippen molar-refractivity contribution in [3.05, 3.63) is 52.8 Å². The van der Waals surface area contributed by atoms with E-state index in [2.05, 4.69) is 26.1 Å². The normalized spacial score (nSPS) is 16.5. The predicted molar refractivity (Wildman–Crippen MR) is 107 cm³/mol. The first-order valence-corrected chi connectivity index (χ1v) is 9.50. The highest BCUT2D eigenvalue weighted by atomic mass is 79.9. The molecule has 0 bridgehead atoms. The highest BCUT2D eigenvalue weighted by Gasteiger charge is 2.36. The Labute approximate surface area is 170 Å². The number of aromatic nitrogens is 2. The minimum Gasteiger partial charge on any atom is -0.497 e. The maximum absolute atomic E-state index is 12.6. The molecule has 2 heterocycles. The van der Waals surface area contributed by atoms with E-state index in [-0.39, 0.29) is 11.8 Å². The number of amides is 1. The van der Waals surface area contributed by atoms with E-state index in [9.17, 15) is 4.79 Å². The summed E-state index contributed by atoms with van der Waals surface area (Å²) in [6.07, 6.45) is 0.301. The summed E-state index contributed by atoms with van der Waals surface area (Å²) in [5.41, 5.74) is 1.55. The number of ether oxygens (including phenoxy) is 2. The van der Waals surface area contributed by atoms with Crippen molar-refractivity contribution in [1.82, 2.24) is 10.1 Å². The van der Waals surface area contributed by atoms with Gasteiger partial charge in [-0.05, 0) is 24.3 Å². The van der Waals surface area contributed by atoms with Crippen LogP contribution in [-0.4, -0.2) is 36.8 Å². The van der Waals surface area contributed by atoms with E-state index < -0.39 is 0 Å². The molecule has 0 saturated carbocycles. The molecule has 1 atom stereocenters. The summed E-state index contributed by atoms with van der Waals surface area (Å²) in [7, 11) is 3.16. The lowest BCUT2D eigenvalue weighted by atomic mass is 10.1. The zero-order valence-electron chi connectivity index (χ0n) is 15.4. The first-order valence-electron chi connectivity index (χ1n) is 8.71. The molecule has 1 aromatic heterocycles. The Kier molecular flexibility index (Phi) is 5.04. The monoisotopic (exact) mass is 443 g/mol. The number of nitrogens with zero attached hydrogens (tertiary/aromatic N) is 3. The van der Waals surface area contributed by atoms with Gasteiger partial charge in [-0.2, -0.15) is 4.98 Å². The van der Waals surface area contributed by atoms with Gasteiger partial charge < -0.3 is 18.9 Å². The molecule has 1 unspecified atom stereocenters. The minimum atomic E-state index is -0.173. The van der Waals surface area contributed by atoms with E-state index >= 15 is 0 Å². The van der Waals surface area contributed by atoms with Crippen LogP contribution < -0.4 is 14.4 Å². The minimum absolute atomic E-state index is 0.0179. The number of carbonyl (C=O) groups excluding carboxylic acids is 1. The van der Waals surface area contributed by atoms with Gasteiger partial charge in [0.15, 0.2) is 0 Å². The zero-order valence-corrected chi connectivity index (χ0v) is 17.0. The third-order valence-electron chi connectivity index (χ3n) is 4.68. The molecular weight excluding hydrogens is 426 g/mol. The summed E-state index contributed by atoms with van der Waals surface area (Å²) >= 11 is 3.44. The highest BCUT2D eigenvalue weighted by Crippen LogP contribution is 2.38. The lowest BCUT2D eigenvalue weighted by Crippen LogP contribution is -2.24. The maximum atomic E-state index is 12.6. The van der Waals surface area contributed by atoms with Gasteiger partial charge in [0.2, 0.25) is 17.6 Å². The van der Waals surface area contributed by atoms with Gasteiger partial charge in [-0.25, -0.2) is 0 Å². The molecule has 0 aliphatic carbocycles. The Hall–Kier alpha value is -2.87. The summed E-state index contributed by atoms with van der Waals surface area (Å²) in [6, 6.07) is 13.0. The first kappa shape index (κ1) is 18.5. The molecule has 0 spiro atoms. The summed E-state index contributed by atoms with van der Waals surface area (Å²) in [5.74, 6) is 2.01. The quantitative estimate of drug-likeness (QED) is 0.591. The lowest BCUT2D eigenvalue weighted by molar-refractivity contribution is -0.117. The van der Waals surface area contributed by atoms with Crippen LogP contribution in [-0.2, 0) is 4.79 Å². The van der Waals surface area contributed by atoms with Gasteiger partial charge >= 0.3 is 0 Å². The molecule has 4 rings (SSSR count). The van der Waals surface area contributed by atoms with Gasteiger partial charge in [-0.3, -0.25) is 4.79 Å². The molecular formula is C20H18BrN3O4. The van der Waals surface area contributed by atoms with Gasteiger partial charge in [0.05, 0.1) is 25.8 Å². The van der Waals surface area contributed by atoms with Gasteiger partial charge in [-0.15, -0.1) is 0 Å². The van der Waals surface area contributed by atoms with Crippen molar-refractivity contribution in [3.63, 3.8) is 0 Å². The third-order valence-corrected chi connectivity index (χ3v) is 5.17. The maximum Gasteiger partial charge on any atom is 0.232 e. The fraction of sp³-hybridized carbons (Fsp3) is 0.250. The van der Waals surface area contributed by atoms with Gasteiger partial charge in [0.1, 0.15) is 11.5 Å². The third kappa shape index (κ3) is 3.47. The molecule has 28 heavy (non-hydrogen) atoms. The fourth-order valence-corrected chi connectivity index (χ4v) is 3.66. The van der Waals surface area contributed by atoms with E-state index in [1.807, 2.05) is 30.3 Å². The number of carbonyl (C=O) groups is 1. The van der Waals surface area contributed by atoms with Crippen LogP contribution in [0.3, 0.4) is 0 Å². The average Bonchev–Trinajstić information content (AvgIpc) is 3.34. The van der Waals surface area contributed by atoms with Crippen LogP contribution in [0.5, 0.6) is 11.5 Å². The van der Waals surface area contributed by atoms with Crippen LogP contribution in [0.1, 0.15) is 18.2 Å². The topological polar surface area (TPSA) is 77.7 Å². The fourth-order valence-electron chi connectivity index (χ4n) is 3.26. The number of methoxy groups -OCH3 is 2. The van der Waals surface area contributed by atoms with Crippen LogP contribution in [0, 0.1) is 0 Å². The number of anilines is 1. The molecule has 1 amide bonds. The van der Waals surface area contributed by atoms with Crippen molar-refractivity contribution < 1.29 is 18.8 Å². The van der Waals surface area contributed by atoms with E-state index in [1.54, 1.807) is 31.3 Å². The Morgan fingerprint density at radius 1 is 1.18 bits per heavy atom. The van der Waals surface area contributed by atoms with E-state index in [0.717, 1.165) is 10.0 Å². The van der Waals surface area contributed by atoms with Gasteiger partial charge in [0, 0.05) is 29.1 Å². The molecule has 1 aliphatic rings. The van der Waals surface area contributed by atoms with Crippen molar-refractivity contribution in [1.29, 1.82) is 0 Å². The Morgan fingerprint density at radius 3 is 2.79 bits per heavy atom. The molecule has 1 aliphatic heterocycles. The van der Waals surface area contributed by atoms with E-state index in [1.165, 1.54) is 0 Å². The van der Waals surface area contributed by atoms with Crippen LogP contribution in [0.25, 0.3) is 11.4 Å². The number of hydrogen-bond donors (Lipinski definition) is 0. The Balaban J connectivity index is 1.57. The Bertz CT molecular complexity index is 1020. The summed E-state index contributed by atoms with van der Waals surface area (Å²) in [5, 5.41) is 4.07. The van der Waals surface area contributed by atoms with Crippen LogP contribution in [0.4, 0.5) is 5.69 Å². The van der Waals surface area contributed by atoms with E-state index in [4.69, 9.17) is 14.0 Å². The first-order chi connectivity index (χ1) is 13.6. The summed E-state index contributed by atoms with van der Waals surface area (Å²) < 4.78 is 17.1. The van der Waals surface area contributed by atoms with Crippen LogP contribution >= 0.6 is 15.9 Å². The van der Waals surface area contributed by atoms with Gasteiger partial charge in [0.25, 0.3) is 0 Å². The second kappa shape index (κ2) is 7.63. The SMILES string of the molecule is COc1ccc(N2CC(c3nc(-c4cccc(Br)c4)no3)CC2=O)c(OC)c1. The summed E-state index contributed by atoms with van der Waals surface area (Å²) in [6.45, 7) is 0.446. The highest BCUT2D eigenvalue weighted by molar-refractivity contribution is 9.10. The zero-order chi connectivity index (χ0) is 19.7. The van der Waals surface area contributed by atoms with Crippen molar-refractivity contribution in [2.45, 2.75) is 12.3 Å². The molecule has 7 nitrogen and oxygen atoms in total. The standard InChI is InChI=1S/C20H18BrN3O4/c1-26-15-6-7-16(17(10-15)27-2)24-11-13(9-18(24)25)20-22-19(23-28-20)12-4-3-5-14(21)8-12/h3-8,10,13H,9,11H2,1-2H3. The van der Waals surface area contributed by atoms with Gasteiger partial charge in [-0.1, -0.05) is 33.2 Å². The van der Waals surface area contributed by atoms with Crippen LogP contribution in [0.15, 0.2) is 51.5 Å². The average molecular weight is 444 g/mol. The second-order valence-electron chi connectivity index (χ2n) is 6.41. The molecule has 3 aromatic rings.